The highest BCUT2D eigenvalue weighted by atomic mass is 32.2. The molecule has 0 aliphatic heterocycles. The highest BCUT2D eigenvalue weighted by Crippen LogP contribution is 2.17. The number of rotatable bonds is 5. The highest BCUT2D eigenvalue weighted by Gasteiger charge is 2.36. The van der Waals surface area contributed by atoms with Gasteiger partial charge in [-0.15, -0.1) is 0 Å². The van der Waals surface area contributed by atoms with Crippen molar-refractivity contribution in [1.82, 2.24) is 9.55 Å². The Morgan fingerprint density at radius 3 is 2.59 bits per heavy atom. The Hall–Kier alpha value is -1.37. The van der Waals surface area contributed by atoms with E-state index in [9.17, 15) is 13.2 Å². The largest absolute Gasteiger partial charge is 0.465 e. The first-order valence-corrected chi connectivity index (χ1v) is 6.87. The van der Waals surface area contributed by atoms with E-state index in [0.717, 1.165) is 0 Å². The van der Waals surface area contributed by atoms with E-state index in [-0.39, 0.29) is 18.2 Å². The molecule has 1 unspecified atom stereocenters. The van der Waals surface area contributed by atoms with Gasteiger partial charge >= 0.3 is 5.97 Å². The summed E-state index contributed by atoms with van der Waals surface area (Å²) in [5.41, 5.74) is 0. The molecule has 1 rings (SSSR count). The molecule has 0 aliphatic carbocycles. The minimum absolute atomic E-state index is 0.114. The Bertz CT molecular complexity index is 492. The zero-order chi connectivity index (χ0) is 13.1. The summed E-state index contributed by atoms with van der Waals surface area (Å²) in [6.45, 7) is 3.42. The summed E-state index contributed by atoms with van der Waals surface area (Å²) < 4.78 is 30.5. The molecule has 1 aromatic heterocycles. The fourth-order valence-electron chi connectivity index (χ4n) is 1.50. The Morgan fingerprint density at radius 2 is 2.18 bits per heavy atom. The van der Waals surface area contributed by atoms with Crippen LogP contribution in [0.15, 0.2) is 17.6 Å². The lowest BCUT2D eigenvalue weighted by Crippen LogP contribution is -2.33. The maximum Gasteiger partial charge on any atom is 0.324 e. The molecule has 7 heteroatoms. The predicted octanol–water partition coefficient (Wildman–Crippen LogP) is 0.535. The van der Waals surface area contributed by atoms with Gasteiger partial charge in [0.05, 0.1) is 6.61 Å². The molecule has 0 aromatic carbocycles. The topological polar surface area (TPSA) is 78.3 Å². The van der Waals surface area contributed by atoms with Crippen LogP contribution in [0.5, 0.6) is 0 Å². The van der Waals surface area contributed by atoms with Crippen molar-refractivity contribution in [2.75, 3.05) is 6.61 Å². The third-order valence-electron chi connectivity index (χ3n) is 2.33. The molecule has 1 atom stereocenters. The Labute approximate surface area is 101 Å². The number of carbonyl (C=O) groups excluding carboxylic acids is 1. The molecule has 1 heterocycles. The van der Waals surface area contributed by atoms with Gasteiger partial charge in [-0.2, -0.15) is 0 Å². The van der Waals surface area contributed by atoms with Crippen molar-refractivity contribution in [3.63, 3.8) is 0 Å². The van der Waals surface area contributed by atoms with Gasteiger partial charge in [0.15, 0.2) is 5.25 Å². The van der Waals surface area contributed by atoms with Crippen molar-refractivity contribution in [3.8, 4) is 0 Å². The Balaban J connectivity index is 3.12. The fraction of sp³-hybridized carbons (Fsp3) is 0.600. The summed E-state index contributed by atoms with van der Waals surface area (Å²) >= 11 is 0. The normalized spacial score (nSPS) is 13.4. The first-order valence-electron chi connectivity index (χ1n) is 5.33. The van der Waals surface area contributed by atoms with Crippen LogP contribution in [0.1, 0.15) is 20.3 Å². The van der Waals surface area contributed by atoms with Crippen molar-refractivity contribution < 1.29 is 17.9 Å². The van der Waals surface area contributed by atoms with Crippen LogP contribution in [0.25, 0.3) is 0 Å². The molecule has 17 heavy (non-hydrogen) atoms. The van der Waals surface area contributed by atoms with Gasteiger partial charge in [0.2, 0.25) is 15.0 Å². The minimum atomic E-state index is -3.78. The second kappa shape index (κ2) is 5.31. The van der Waals surface area contributed by atoms with E-state index in [4.69, 9.17) is 4.74 Å². The monoisotopic (exact) mass is 260 g/mol. The molecule has 0 saturated carbocycles. The molecule has 0 bridgehead atoms. The van der Waals surface area contributed by atoms with Crippen LogP contribution in [-0.4, -0.2) is 35.8 Å². The zero-order valence-electron chi connectivity index (χ0n) is 10.1. The lowest BCUT2D eigenvalue weighted by molar-refractivity contribution is -0.142. The molecule has 1 aromatic rings. The Kier molecular flexibility index (Phi) is 4.28. The summed E-state index contributed by atoms with van der Waals surface area (Å²) in [5, 5.41) is -1.30. The SMILES string of the molecule is CCOC(=O)C(CC)S(=O)(=O)c1nccn1C. The molecule has 0 amide bonds. The van der Waals surface area contributed by atoms with Crippen LogP contribution >= 0.6 is 0 Å². The Morgan fingerprint density at radius 1 is 1.53 bits per heavy atom. The van der Waals surface area contributed by atoms with Gasteiger partial charge in [-0.3, -0.25) is 4.79 Å². The number of carbonyl (C=O) groups is 1. The van der Waals surface area contributed by atoms with E-state index in [0.29, 0.717) is 0 Å². The quantitative estimate of drug-likeness (QED) is 0.722. The molecular weight excluding hydrogens is 244 g/mol. The number of hydrogen-bond donors (Lipinski definition) is 0. The van der Waals surface area contributed by atoms with Gasteiger partial charge in [0.25, 0.3) is 0 Å². The molecule has 0 N–H and O–H groups in total. The van der Waals surface area contributed by atoms with E-state index >= 15 is 0 Å². The number of sulfone groups is 1. The lowest BCUT2D eigenvalue weighted by Gasteiger charge is -2.13. The average molecular weight is 260 g/mol. The molecule has 0 radical (unpaired) electrons. The third kappa shape index (κ3) is 2.66. The van der Waals surface area contributed by atoms with Gasteiger partial charge in [-0.05, 0) is 13.3 Å². The van der Waals surface area contributed by atoms with Crippen LogP contribution < -0.4 is 0 Å². The van der Waals surface area contributed by atoms with Crippen molar-refractivity contribution in [2.45, 2.75) is 30.7 Å². The summed E-state index contributed by atoms with van der Waals surface area (Å²) in [4.78, 5) is 15.4. The van der Waals surface area contributed by atoms with Crippen LogP contribution in [-0.2, 0) is 26.4 Å². The van der Waals surface area contributed by atoms with Gasteiger partial charge < -0.3 is 9.30 Å². The molecule has 0 aliphatic rings. The average Bonchev–Trinajstić information content (AvgIpc) is 2.66. The first kappa shape index (κ1) is 13.7. The van der Waals surface area contributed by atoms with E-state index in [1.165, 1.54) is 17.0 Å². The fourth-order valence-corrected chi connectivity index (χ4v) is 3.19. The number of aryl methyl sites for hydroxylation is 1. The number of esters is 1. The number of aromatic nitrogens is 2. The van der Waals surface area contributed by atoms with Gasteiger partial charge in [0.1, 0.15) is 0 Å². The smallest absolute Gasteiger partial charge is 0.324 e. The number of nitrogens with zero attached hydrogens (tertiary/aromatic N) is 2. The second-order valence-corrected chi connectivity index (χ2v) is 5.54. The maximum atomic E-state index is 12.2. The van der Waals surface area contributed by atoms with Gasteiger partial charge in [-0.25, -0.2) is 13.4 Å². The predicted molar refractivity (Wildman–Crippen MR) is 61.1 cm³/mol. The zero-order valence-corrected chi connectivity index (χ0v) is 10.9. The number of imidazole rings is 1. The maximum absolute atomic E-state index is 12.2. The third-order valence-corrected chi connectivity index (χ3v) is 4.50. The van der Waals surface area contributed by atoms with Crippen LogP contribution in [0.3, 0.4) is 0 Å². The summed E-state index contributed by atoms with van der Waals surface area (Å²) in [6, 6.07) is 0. The number of hydrogen-bond acceptors (Lipinski definition) is 5. The molecule has 0 saturated heterocycles. The van der Waals surface area contributed by atoms with E-state index in [1.54, 1.807) is 20.9 Å². The molecule has 0 fully saturated rings. The summed E-state index contributed by atoms with van der Waals surface area (Å²) in [5.74, 6) is -0.724. The van der Waals surface area contributed by atoms with E-state index < -0.39 is 21.1 Å². The molecule has 96 valence electrons. The van der Waals surface area contributed by atoms with Gasteiger partial charge in [-0.1, -0.05) is 6.92 Å². The van der Waals surface area contributed by atoms with E-state index in [1.807, 2.05) is 0 Å². The van der Waals surface area contributed by atoms with Crippen LogP contribution in [0.2, 0.25) is 0 Å². The van der Waals surface area contributed by atoms with Crippen LogP contribution in [0, 0.1) is 0 Å². The first-order chi connectivity index (χ1) is 7.95. The van der Waals surface area contributed by atoms with Crippen molar-refractivity contribution in [3.05, 3.63) is 12.4 Å². The molecule has 0 spiro atoms. The van der Waals surface area contributed by atoms with Crippen molar-refractivity contribution in [2.24, 2.45) is 7.05 Å². The minimum Gasteiger partial charge on any atom is -0.465 e. The summed E-state index contributed by atoms with van der Waals surface area (Å²) in [6.07, 6.45) is 3.06. The second-order valence-electron chi connectivity index (χ2n) is 3.51. The van der Waals surface area contributed by atoms with E-state index in [2.05, 4.69) is 4.98 Å². The standard InChI is InChI=1S/C10H16N2O4S/c1-4-8(9(13)16-5-2)17(14,15)10-11-6-7-12(10)3/h6-8H,4-5H2,1-3H3. The van der Waals surface area contributed by atoms with Crippen molar-refractivity contribution in [1.29, 1.82) is 0 Å². The van der Waals surface area contributed by atoms with Gasteiger partial charge in [0, 0.05) is 19.4 Å². The summed E-state index contributed by atoms with van der Waals surface area (Å²) in [7, 11) is -2.22. The lowest BCUT2D eigenvalue weighted by atomic mass is 10.3. The molecule has 6 nitrogen and oxygen atoms in total. The van der Waals surface area contributed by atoms with Crippen LogP contribution in [0.4, 0.5) is 0 Å². The van der Waals surface area contributed by atoms with Crippen molar-refractivity contribution >= 4 is 15.8 Å². The molecular formula is C10H16N2O4S. The number of ether oxygens (including phenoxy) is 1. The highest BCUT2D eigenvalue weighted by molar-refractivity contribution is 7.92.